The molecule has 4 rings (SSSR count). The molecule has 1 amide bonds. The SMILES string of the molecule is Cc1nc(-c2ccccc2)nc2sc3c(=O)n(CC(N)=O)cnc3c12. The van der Waals surface area contributed by atoms with Crippen LogP contribution in [-0.2, 0) is 11.3 Å². The second-order valence-corrected chi connectivity index (χ2v) is 6.60. The lowest BCUT2D eigenvalue weighted by Crippen LogP contribution is -2.27. The van der Waals surface area contributed by atoms with E-state index >= 15 is 0 Å². The van der Waals surface area contributed by atoms with Crippen LogP contribution in [0.5, 0.6) is 0 Å². The molecular formula is C17H13N5O2S. The van der Waals surface area contributed by atoms with E-state index in [0.29, 0.717) is 20.9 Å². The molecule has 3 heterocycles. The van der Waals surface area contributed by atoms with E-state index < -0.39 is 5.91 Å². The molecular weight excluding hydrogens is 338 g/mol. The van der Waals surface area contributed by atoms with Crippen LogP contribution in [0.25, 0.3) is 31.8 Å². The second-order valence-electron chi connectivity index (χ2n) is 5.60. The molecule has 7 nitrogen and oxygen atoms in total. The number of primary amides is 1. The van der Waals surface area contributed by atoms with Crippen LogP contribution >= 0.6 is 11.3 Å². The zero-order chi connectivity index (χ0) is 17.6. The highest BCUT2D eigenvalue weighted by Gasteiger charge is 2.17. The summed E-state index contributed by atoms with van der Waals surface area (Å²) in [6, 6.07) is 9.65. The minimum atomic E-state index is -0.591. The minimum Gasteiger partial charge on any atom is -0.368 e. The highest BCUT2D eigenvalue weighted by atomic mass is 32.1. The average molecular weight is 351 g/mol. The molecule has 0 fully saturated rings. The molecule has 1 aromatic carbocycles. The van der Waals surface area contributed by atoms with Crippen molar-refractivity contribution >= 4 is 37.7 Å². The molecule has 124 valence electrons. The van der Waals surface area contributed by atoms with Gasteiger partial charge in [-0.15, -0.1) is 11.3 Å². The van der Waals surface area contributed by atoms with E-state index in [1.807, 2.05) is 37.3 Å². The van der Waals surface area contributed by atoms with Gasteiger partial charge in [-0.1, -0.05) is 30.3 Å². The number of benzene rings is 1. The molecule has 0 aliphatic rings. The number of aryl methyl sites for hydroxylation is 1. The van der Waals surface area contributed by atoms with Crippen molar-refractivity contribution in [3.05, 3.63) is 52.7 Å². The van der Waals surface area contributed by atoms with Gasteiger partial charge in [0.25, 0.3) is 5.56 Å². The molecule has 0 spiro atoms. The van der Waals surface area contributed by atoms with Crippen molar-refractivity contribution in [2.75, 3.05) is 0 Å². The molecule has 0 saturated carbocycles. The van der Waals surface area contributed by atoms with Crippen LogP contribution in [0.4, 0.5) is 0 Å². The van der Waals surface area contributed by atoms with Gasteiger partial charge in [0.2, 0.25) is 5.91 Å². The predicted octanol–water partition coefficient (Wildman–Crippen LogP) is 1.86. The van der Waals surface area contributed by atoms with Crippen molar-refractivity contribution in [3.8, 4) is 11.4 Å². The maximum atomic E-state index is 12.6. The molecule has 0 aliphatic heterocycles. The number of carbonyl (C=O) groups is 1. The lowest BCUT2D eigenvalue weighted by Gasteiger charge is -2.03. The van der Waals surface area contributed by atoms with E-state index in [2.05, 4.69) is 15.0 Å². The molecule has 0 saturated heterocycles. The zero-order valence-electron chi connectivity index (χ0n) is 13.3. The molecule has 2 N–H and O–H groups in total. The van der Waals surface area contributed by atoms with E-state index in [1.54, 1.807) is 0 Å². The standard InChI is InChI=1S/C17H13N5O2S/c1-9-12-13-14(17(24)22(8-19-13)7-11(18)23)25-16(12)21-15(20-9)10-5-3-2-4-6-10/h2-6,8H,7H2,1H3,(H2,18,23). The zero-order valence-corrected chi connectivity index (χ0v) is 14.1. The highest BCUT2D eigenvalue weighted by molar-refractivity contribution is 7.25. The summed E-state index contributed by atoms with van der Waals surface area (Å²) in [5.74, 6) is 0.0151. The lowest BCUT2D eigenvalue weighted by atomic mass is 10.2. The fraction of sp³-hybridized carbons (Fsp3) is 0.118. The van der Waals surface area contributed by atoms with Crippen molar-refractivity contribution in [2.24, 2.45) is 5.73 Å². The summed E-state index contributed by atoms with van der Waals surface area (Å²) in [7, 11) is 0. The molecule has 0 radical (unpaired) electrons. The van der Waals surface area contributed by atoms with Crippen LogP contribution in [0.3, 0.4) is 0 Å². The van der Waals surface area contributed by atoms with Crippen LogP contribution in [0.15, 0.2) is 41.5 Å². The van der Waals surface area contributed by atoms with Gasteiger partial charge in [-0.3, -0.25) is 14.2 Å². The Labute approximate surface area is 145 Å². The lowest BCUT2D eigenvalue weighted by molar-refractivity contribution is -0.118. The number of carbonyl (C=O) groups excluding carboxylic acids is 1. The van der Waals surface area contributed by atoms with Crippen LogP contribution < -0.4 is 11.3 Å². The monoisotopic (exact) mass is 351 g/mol. The minimum absolute atomic E-state index is 0.198. The number of nitrogens with zero attached hydrogens (tertiary/aromatic N) is 4. The Hall–Kier alpha value is -3.13. The summed E-state index contributed by atoms with van der Waals surface area (Å²) in [4.78, 5) is 37.9. The summed E-state index contributed by atoms with van der Waals surface area (Å²) in [5.41, 5.74) is 7.10. The van der Waals surface area contributed by atoms with Gasteiger partial charge >= 0.3 is 0 Å². The number of thiophene rings is 1. The van der Waals surface area contributed by atoms with Gasteiger partial charge in [-0.05, 0) is 6.92 Å². The van der Waals surface area contributed by atoms with E-state index in [1.165, 1.54) is 22.2 Å². The summed E-state index contributed by atoms with van der Waals surface area (Å²) in [6.45, 7) is 1.68. The first kappa shape index (κ1) is 15.4. The Morgan fingerprint density at radius 3 is 2.72 bits per heavy atom. The van der Waals surface area contributed by atoms with Gasteiger partial charge in [0.1, 0.15) is 16.1 Å². The topological polar surface area (TPSA) is 104 Å². The van der Waals surface area contributed by atoms with E-state index in [9.17, 15) is 9.59 Å². The predicted molar refractivity (Wildman–Crippen MR) is 96.3 cm³/mol. The molecule has 8 heteroatoms. The van der Waals surface area contributed by atoms with Crippen molar-refractivity contribution in [3.63, 3.8) is 0 Å². The number of fused-ring (bicyclic) bond motifs is 3. The van der Waals surface area contributed by atoms with E-state index in [0.717, 1.165) is 16.6 Å². The largest absolute Gasteiger partial charge is 0.368 e. The Balaban J connectivity index is 1.99. The third-order valence-corrected chi connectivity index (χ3v) is 4.91. The molecule has 0 bridgehead atoms. The van der Waals surface area contributed by atoms with Gasteiger partial charge < -0.3 is 5.73 Å². The summed E-state index contributed by atoms with van der Waals surface area (Å²) in [6.07, 6.45) is 1.34. The molecule has 0 unspecified atom stereocenters. The van der Waals surface area contributed by atoms with Gasteiger partial charge in [0.15, 0.2) is 5.82 Å². The van der Waals surface area contributed by atoms with Crippen LogP contribution in [0.2, 0.25) is 0 Å². The summed E-state index contributed by atoms with van der Waals surface area (Å²) in [5, 5.41) is 0.767. The van der Waals surface area contributed by atoms with Crippen LogP contribution in [0, 0.1) is 6.92 Å². The maximum Gasteiger partial charge on any atom is 0.271 e. The maximum absolute atomic E-state index is 12.6. The first-order chi connectivity index (χ1) is 12.0. The fourth-order valence-corrected chi connectivity index (χ4v) is 3.85. The number of hydrogen-bond acceptors (Lipinski definition) is 6. The van der Waals surface area contributed by atoms with Crippen LogP contribution in [-0.4, -0.2) is 25.4 Å². The van der Waals surface area contributed by atoms with Gasteiger partial charge in [-0.2, -0.15) is 0 Å². The van der Waals surface area contributed by atoms with E-state index in [4.69, 9.17) is 5.73 Å². The quantitative estimate of drug-likeness (QED) is 0.607. The first-order valence-electron chi connectivity index (χ1n) is 7.54. The highest BCUT2D eigenvalue weighted by Crippen LogP contribution is 2.32. The summed E-state index contributed by atoms with van der Waals surface area (Å²) < 4.78 is 1.65. The molecule has 3 aromatic heterocycles. The number of nitrogens with two attached hydrogens (primary N) is 1. The van der Waals surface area contributed by atoms with Crippen molar-refractivity contribution in [1.29, 1.82) is 0 Å². The smallest absolute Gasteiger partial charge is 0.271 e. The summed E-state index contributed by atoms with van der Waals surface area (Å²) >= 11 is 1.25. The third kappa shape index (κ3) is 2.56. The molecule has 0 atom stereocenters. The molecule has 4 aromatic rings. The number of rotatable bonds is 3. The Morgan fingerprint density at radius 2 is 2.00 bits per heavy atom. The van der Waals surface area contributed by atoms with Crippen LogP contribution in [0.1, 0.15) is 5.69 Å². The normalized spacial score (nSPS) is 11.2. The Kier molecular flexibility index (Phi) is 3.54. The van der Waals surface area contributed by atoms with Gasteiger partial charge in [-0.25, -0.2) is 15.0 Å². The Morgan fingerprint density at radius 1 is 1.24 bits per heavy atom. The second kappa shape index (κ2) is 5.75. The van der Waals surface area contributed by atoms with Gasteiger partial charge in [0.05, 0.1) is 22.9 Å². The number of aromatic nitrogens is 4. The average Bonchev–Trinajstić information content (AvgIpc) is 2.98. The Bertz CT molecular complexity index is 1180. The third-order valence-electron chi connectivity index (χ3n) is 3.85. The van der Waals surface area contributed by atoms with Crippen molar-refractivity contribution < 1.29 is 4.79 Å². The number of amides is 1. The van der Waals surface area contributed by atoms with E-state index in [-0.39, 0.29) is 12.1 Å². The van der Waals surface area contributed by atoms with Crippen molar-refractivity contribution in [1.82, 2.24) is 19.5 Å². The molecule has 0 aliphatic carbocycles. The number of hydrogen-bond donors (Lipinski definition) is 1. The van der Waals surface area contributed by atoms with Gasteiger partial charge in [0, 0.05) is 5.56 Å². The first-order valence-corrected chi connectivity index (χ1v) is 8.36. The van der Waals surface area contributed by atoms with Crippen molar-refractivity contribution in [2.45, 2.75) is 13.5 Å². The molecule has 25 heavy (non-hydrogen) atoms. The fourth-order valence-electron chi connectivity index (χ4n) is 2.73.